The molecular formula is C17H30O. The van der Waals surface area contributed by atoms with Gasteiger partial charge in [-0.25, -0.2) is 0 Å². The first-order valence-electron chi connectivity index (χ1n) is 7.89. The van der Waals surface area contributed by atoms with Crippen LogP contribution in [0.3, 0.4) is 0 Å². The molecule has 0 amide bonds. The van der Waals surface area contributed by atoms with Gasteiger partial charge in [0, 0.05) is 0 Å². The van der Waals surface area contributed by atoms with Gasteiger partial charge in [-0.2, -0.15) is 0 Å². The van der Waals surface area contributed by atoms with Crippen molar-refractivity contribution < 1.29 is 4.74 Å². The lowest BCUT2D eigenvalue weighted by Gasteiger charge is -2.44. The molecule has 0 aromatic heterocycles. The number of ether oxygens (including phenoxy) is 1. The zero-order valence-electron chi connectivity index (χ0n) is 12.4. The summed E-state index contributed by atoms with van der Waals surface area (Å²) in [5.41, 5.74) is 0. The van der Waals surface area contributed by atoms with Crippen molar-refractivity contribution in [1.82, 2.24) is 0 Å². The molecule has 0 bridgehead atoms. The van der Waals surface area contributed by atoms with Crippen LogP contribution < -0.4 is 0 Å². The van der Waals surface area contributed by atoms with Crippen molar-refractivity contribution in [2.45, 2.75) is 65.4 Å². The van der Waals surface area contributed by atoms with Crippen LogP contribution in [0.2, 0.25) is 0 Å². The first kappa shape index (κ1) is 14.0. The second-order valence-corrected chi connectivity index (χ2v) is 6.82. The molecule has 0 saturated heterocycles. The molecule has 0 heterocycles. The van der Waals surface area contributed by atoms with E-state index >= 15 is 0 Å². The van der Waals surface area contributed by atoms with Crippen LogP contribution >= 0.6 is 0 Å². The molecule has 2 saturated carbocycles. The zero-order chi connectivity index (χ0) is 13.1. The number of rotatable bonds is 3. The van der Waals surface area contributed by atoms with E-state index in [1.165, 1.54) is 38.5 Å². The quantitative estimate of drug-likeness (QED) is 0.639. The molecule has 1 heteroatoms. The molecule has 0 spiro atoms. The van der Waals surface area contributed by atoms with Gasteiger partial charge in [0.05, 0.1) is 6.26 Å². The molecule has 4 atom stereocenters. The summed E-state index contributed by atoms with van der Waals surface area (Å²) in [6.07, 6.45) is 10.5. The fourth-order valence-corrected chi connectivity index (χ4v) is 4.31. The van der Waals surface area contributed by atoms with E-state index in [2.05, 4.69) is 27.4 Å². The largest absolute Gasteiger partial charge is 0.498 e. The van der Waals surface area contributed by atoms with Crippen LogP contribution in [0.5, 0.6) is 0 Å². The summed E-state index contributed by atoms with van der Waals surface area (Å²) in [4.78, 5) is 0. The molecular weight excluding hydrogens is 220 g/mol. The van der Waals surface area contributed by atoms with Crippen molar-refractivity contribution in [3.63, 3.8) is 0 Å². The highest BCUT2D eigenvalue weighted by Gasteiger charge is 2.39. The summed E-state index contributed by atoms with van der Waals surface area (Å²) >= 11 is 0. The molecule has 0 aliphatic heterocycles. The Hall–Kier alpha value is -0.460. The predicted octanol–water partition coefficient (Wildman–Crippen LogP) is 5.02. The number of hydrogen-bond acceptors (Lipinski definition) is 1. The lowest BCUT2D eigenvalue weighted by molar-refractivity contribution is -0.0161. The zero-order valence-corrected chi connectivity index (χ0v) is 12.4. The van der Waals surface area contributed by atoms with Gasteiger partial charge in [0.2, 0.25) is 0 Å². The van der Waals surface area contributed by atoms with Gasteiger partial charge in [0.1, 0.15) is 6.10 Å². The van der Waals surface area contributed by atoms with Gasteiger partial charge < -0.3 is 4.74 Å². The minimum atomic E-state index is 0.413. The summed E-state index contributed by atoms with van der Waals surface area (Å²) in [6.45, 7) is 10.9. The lowest BCUT2D eigenvalue weighted by atomic mass is 9.63. The van der Waals surface area contributed by atoms with Crippen LogP contribution in [-0.2, 0) is 4.74 Å². The Labute approximate surface area is 113 Å². The third-order valence-corrected chi connectivity index (χ3v) is 5.81. The topological polar surface area (TPSA) is 9.23 Å². The first-order valence-corrected chi connectivity index (χ1v) is 7.89. The van der Waals surface area contributed by atoms with Gasteiger partial charge in [-0.15, -0.1) is 0 Å². The molecule has 2 aliphatic carbocycles. The summed E-state index contributed by atoms with van der Waals surface area (Å²) < 4.78 is 5.68. The van der Waals surface area contributed by atoms with E-state index in [9.17, 15) is 0 Å². The van der Waals surface area contributed by atoms with E-state index < -0.39 is 0 Å². The third kappa shape index (κ3) is 2.92. The Balaban J connectivity index is 1.93. The maximum absolute atomic E-state index is 5.68. The molecule has 2 fully saturated rings. The van der Waals surface area contributed by atoms with E-state index in [4.69, 9.17) is 4.74 Å². The van der Waals surface area contributed by atoms with Crippen LogP contribution in [0.25, 0.3) is 0 Å². The van der Waals surface area contributed by atoms with Crippen LogP contribution in [0, 0.1) is 29.6 Å². The Morgan fingerprint density at radius 3 is 2.17 bits per heavy atom. The normalized spacial score (nSPS) is 45.5. The third-order valence-electron chi connectivity index (χ3n) is 5.81. The Bertz CT molecular complexity index is 265. The highest BCUT2D eigenvalue weighted by Crippen LogP contribution is 2.45. The van der Waals surface area contributed by atoms with E-state index in [0.717, 1.165) is 23.7 Å². The fraction of sp³-hybridized carbons (Fsp3) is 0.882. The van der Waals surface area contributed by atoms with E-state index in [1.54, 1.807) is 6.26 Å². The smallest absolute Gasteiger partial charge is 0.101 e. The standard InChI is InChI=1S/C17H30O/c1-5-18-17-11-10-16(13(3)14(17)4)15-8-6-12(2)7-9-15/h5,12-17H,1,6-11H2,2-4H3/t12?,13?,14?,15?,16-,17?/m1/s1. The molecule has 104 valence electrons. The maximum Gasteiger partial charge on any atom is 0.101 e. The SMILES string of the molecule is C=COC1CC[C@@H](C2CCC(C)CC2)C(C)C1C. The summed E-state index contributed by atoms with van der Waals surface area (Å²) in [5.74, 6) is 4.39. The second kappa shape index (κ2) is 6.12. The Morgan fingerprint density at radius 2 is 1.56 bits per heavy atom. The van der Waals surface area contributed by atoms with Gasteiger partial charge in [0.15, 0.2) is 0 Å². The van der Waals surface area contributed by atoms with Gasteiger partial charge >= 0.3 is 0 Å². The first-order chi connectivity index (χ1) is 8.63. The van der Waals surface area contributed by atoms with E-state index in [1.807, 2.05) is 0 Å². The molecule has 0 radical (unpaired) electrons. The van der Waals surface area contributed by atoms with Crippen molar-refractivity contribution in [1.29, 1.82) is 0 Å². The average molecular weight is 250 g/mol. The van der Waals surface area contributed by atoms with Gasteiger partial charge in [-0.3, -0.25) is 0 Å². The van der Waals surface area contributed by atoms with Gasteiger partial charge in [-0.1, -0.05) is 40.2 Å². The van der Waals surface area contributed by atoms with Crippen LogP contribution in [0.4, 0.5) is 0 Å². The highest BCUT2D eigenvalue weighted by atomic mass is 16.5. The van der Waals surface area contributed by atoms with Gasteiger partial charge in [-0.05, 0) is 55.3 Å². The molecule has 1 nitrogen and oxygen atoms in total. The number of hydrogen-bond donors (Lipinski definition) is 0. The van der Waals surface area contributed by atoms with Gasteiger partial charge in [0.25, 0.3) is 0 Å². The Kier molecular flexibility index (Phi) is 4.75. The molecule has 0 aromatic carbocycles. The van der Waals surface area contributed by atoms with E-state index in [0.29, 0.717) is 12.0 Å². The lowest BCUT2D eigenvalue weighted by Crippen LogP contribution is -2.39. The van der Waals surface area contributed by atoms with Crippen LogP contribution in [0.15, 0.2) is 12.8 Å². The van der Waals surface area contributed by atoms with Crippen LogP contribution in [-0.4, -0.2) is 6.10 Å². The summed E-state index contributed by atoms with van der Waals surface area (Å²) in [6, 6.07) is 0. The van der Waals surface area contributed by atoms with Crippen molar-refractivity contribution in [3.05, 3.63) is 12.8 Å². The second-order valence-electron chi connectivity index (χ2n) is 6.82. The van der Waals surface area contributed by atoms with Crippen molar-refractivity contribution in [2.24, 2.45) is 29.6 Å². The highest BCUT2D eigenvalue weighted by molar-refractivity contribution is 4.89. The minimum Gasteiger partial charge on any atom is -0.498 e. The molecule has 2 aliphatic rings. The summed E-state index contributed by atoms with van der Waals surface area (Å²) in [5, 5.41) is 0. The predicted molar refractivity (Wildman–Crippen MR) is 77.2 cm³/mol. The average Bonchev–Trinajstić information content (AvgIpc) is 2.37. The minimum absolute atomic E-state index is 0.413. The monoisotopic (exact) mass is 250 g/mol. The molecule has 0 N–H and O–H groups in total. The fourth-order valence-electron chi connectivity index (χ4n) is 4.31. The molecule has 18 heavy (non-hydrogen) atoms. The van der Waals surface area contributed by atoms with Crippen LogP contribution in [0.1, 0.15) is 59.3 Å². The molecule has 2 rings (SSSR count). The summed E-state index contributed by atoms with van der Waals surface area (Å²) in [7, 11) is 0. The van der Waals surface area contributed by atoms with Crippen molar-refractivity contribution in [2.75, 3.05) is 0 Å². The van der Waals surface area contributed by atoms with Crippen molar-refractivity contribution >= 4 is 0 Å². The van der Waals surface area contributed by atoms with Crippen molar-refractivity contribution in [3.8, 4) is 0 Å². The Morgan fingerprint density at radius 1 is 0.889 bits per heavy atom. The maximum atomic E-state index is 5.68. The molecule has 3 unspecified atom stereocenters. The molecule has 0 aromatic rings. The van der Waals surface area contributed by atoms with E-state index in [-0.39, 0.29) is 0 Å².